The molecule has 0 aliphatic rings. The van der Waals surface area contributed by atoms with Crippen LogP contribution in [0.4, 0.5) is 0 Å². The van der Waals surface area contributed by atoms with E-state index in [1.54, 1.807) is 6.07 Å². The van der Waals surface area contributed by atoms with Crippen LogP contribution in [0, 0.1) is 11.3 Å². The predicted molar refractivity (Wildman–Crippen MR) is 71.4 cm³/mol. The van der Waals surface area contributed by atoms with Crippen molar-refractivity contribution in [3.05, 3.63) is 65.5 Å². The van der Waals surface area contributed by atoms with Crippen molar-refractivity contribution >= 4 is 5.91 Å². The van der Waals surface area contributed by atoms with E-state index in [0.717, 1.165) is 6.42 Å². The van der Waals surface area contributed by atoms with Gasteiger partial charge in [-0.2, -0.15) is 5.26 Å². The number of aromatic nitrogens is 1. The molecule has 19 heavy (non-hydrogen) atoms. The molecule has 0 aliphatic heterocycles. The molecule has 1 amide bonds. The van der Waals surface area contributed by atoms with Gasteiger partial charge in [-0.25, -0.2) is 4.98 Å². The SMILES string of the molecule is N#Cc1ccc(C(=O)NCCc2ccccc2)cn1. The highest BCUT2D eigenvalue weighted by Gasteiger charge is 2.05. The molecule has 4 nitrogen and oxygen atoms in total. The number of hydrogen-bond donors (Lipinski definition) is 1. The van der Waals surface area contributed by atoms with E-state index in [9.17, 15) is 4.79 Å². The normalized spacial score (nSPS) is 9.63. The van der Waals surface area contributed by atoms with E-state index in [4.69, 9.17) is 5.26 Å². The highest BCUT2D eigenvalue weighted by Crippen LogP contribution is 2.01. The lowest BCUT2D eigenvalue weighted by Crippen LogP contribution is -2.25. The number of rotatable bonds is 4. The molecule has 1 heterocycles. The van der Waals surface area contributed by atoms with Crippen LogP contribution in [0.1, 0.15) is 21.6 Å². The van der Waals surface area contributed by atoms with Crippen LogP contribution in [0.15, 0.2) is 48.7 Å². The lowest BCUT2D eigenvalue weighted by atomic mass is 10.1. The number of carbonyl (C=O) groups excluding carboxylic acids is 1. The fourth-order valence-corrected chi connectivity index (χ4v) is 1.66. The summed E-state index contributed by atoms with van der Waals surface area (Å²) in [6, 6.07) is 15.0. The summed E-state index contributed by atoms with van der Waals surface area (Å²) in [7, 11) is 0. The van der Waals surface area contributed by atoms with Crippen LogP contribution in [-0.2, 0) is 6.42 Å². The Bertz CT molecular complexity index is 585. The van der Waals surface area contributed by atoms with Gasteiger partial charge >= 0.3 is 0 Å². The van der Waals surface area contributed by atoms with E-state index in [2.05, 4.69) is 10.3 Å². The molecule has 4 heteroatoms. The monoisotopic (exact) mass is 251 g/mol. The molecule has 2 rings (SSSR count). The summed E-state index contributed by atoms with van der Waals surface area (Å²) in [4.78, 5) is 15.7. The highest BCUT2D eigenvalue weighted by molar-refractivity contribution is 5.93. The Kier molecular flexibility index (Phi) is 4.25. The summed E-state index contributed by atoms with van der Waals surface area (Å²) in [5.41, 5.74) is 1.95. The van der Waals surface area contributed by atoms with E-state index in [-0.39, 0.29) is 5.91 Å². The molecule has 0 atom stereocenters. The lowest BCUT2D eigenvalue weighted by Gasteiger charge is -2.05. The number of amides is 1. The molecule has 0 spiro atoms. The minimum absolute atomic E-state index is 0.173. The zero-order valence-electron chi connectivity index (χ0n) is 10.3. The van der Waals surface area contributed by atoms with Crippen LogP contribution in [0.3, 0.4) is 0 Å². The second kappa shape index (κ2) is 6.31. The molecule has 1 aromatic carbocycles. The van der Waals surface area contributed by atoms with Gasteiger partial charge in [0, 0.05) is 12.7 Å². The zero-order valence-corrected chi connectivity index (χ0v) is 10.3. The van der Waals surface area contributed by atoms with E-state index in [0.29, 0.717) is 17.8 Å². The number of nitriles is 1. The van der Waals surface area contributed by atoms with Gasteiger partial charge < -0.3 is 5.32 Å². The van der Waals surface area contributed by atoms with Gasteiger partial charge in [-0.3, -0.25) is 4.79 Å². The van der Waals surface area contributed by atoms with Crippen molar-refractivity contribution in [1.82, 2.24) is 10.3 Å². The fraction of sp³-hybridized carbons (Fsp3) is 0.133. The second-order valence-corrected chi connectivity index (χ2v) is 4.04. The first-order chi connectivity index (χ1) is 9.29. The molecule has 1 aromatic heterocycles. The number of nitrogens with zero attached hydrogens (tertiary/aromatic N) is 2. The molecule has 1 N–H and O–H groups in total. The number of carbonyl (C=O) groups is 1. The minimum atomic E-state index is -0.173. The van der Waals surface area contributed by atoms with Crippen LogP contribution in [0.2, 0.25) is 0 Å². The minimum Gasteiger partial charge on any atom is -0.352 e. The maximum absolute atomic E-state index is 11.8. The van der Waals surface area contributed by atoms with Crippen molar-refractivity contribution < 1.29 is 4.79 Å². The average Bonchev–Trinajstić information content (AvgIpc) is 2.48. The summed E-state index contributed by atoms with van der Waals surface area (Å²) in [6.45, 7) is 0.572. The number of pyridine rings is 1. The van der Waals surface area contributed by atoms with Crippen LogP contribution in [0.5, 0.6) is 0 Å². The first-order valence-corrected chi connectivity index (χ1v) is 5.98. The molecular weight excluding hydrogens is 238 g/mol. The third-order valence-electron chi connectivity index (χ3n) is 2.68. The number of hydrogen-bond acceptors (Lipinski definition) is 3. The Morgan fingerprint density at radius 3 is 2.63 bits per heavy atom. The highest BCUT2D eigenvalue weighted by atomic mass is 16.1. The largest absolute Gasteiger partial charge is 0.352 e. The fourth-order valence-electron chi connectivity index (χ4n) is 1.66. The van der Waals surface area contributed by atoms with Crippen molar-refractivity contribution in [2.24, 2.45) is 0 Å². The molecular formula is C15H13N3O. The van der Waals surface area contributed by atoms with Gasteiger partial charge in [-0.05, 0) is 24.1 Å². The summed E-state index contributed by atoms with van der Waals surface area (Å²) >= 11 is 0. The average molecular weight is 251 g/mol. The van der Waals surface area contributed by atoms with Crippen molar-refractivity contribution in [1.29, 1.82) is 5.26 Å². The predicted octanol–water partition coefficient (Wildman–Crippen LogP) is 1.93. The van der Waals surface area contributed by atoms with Gasteiger partial charge in [0.25, 0.3) is 5.91 Å². The summed E-state index contributed by atoms with van der Waals surface area (Å²) in [5.74, 6) is -0.173. The van der Waals surface area contributed by atoms with Crippen molar-refractivity contribution in [2.45, 2.75) is 6.42 Å². The van der Waals surface area contributed by atoms with Gasteiger partial charge in [0.15, 0.2) is 0 Å². The molecule has 0 saturated carbocycles. The maximum atomic E-state index is 11.8. The van der Waals surface area contributed by atoms with Gasteiger partial charge in [-0.15, -0.1) is 0 Å². The Morgan fingerprint density at radius 1 is 1.21 bits per heavy atom. The van der Waals surface area contributed by atoms with Gasteiger partial charge in [-0.1, -0.05) is 30.3 Å². The number of nitrogens with one attached hydrogen (secondary N) is 1. The molecule has 94 valence electrons. The van der Waals surface area contributed by atoms with Crippen LogP contribution >= 0.6 is 0 Å². The second-order valence-electron chi connectivity index (χ2n) is 4.04. The molecule has 0 fully saturated rings. The van der Waals surface area contributed by atoms with Crippen molar-refractivity contribution in [2.75, 3.05) is 6.54 Å². The van der Waals surface area contributed by atoms with Crippen molar-refractivity contribution in [3.8, 4) is 6.07 Å². The van der Waals surface area contributed by atoms with Crippen LogP contribution < -0.4 is 5.32 Å². The maximum Gasteiger partial charge on any atom is 0.252 e. The summed E-state index contributed by atoms with van der Waals surface area (Å²) < 4.78 is 0. The molecule has 0 bridgehead atoms. The zero-order chi connectivity index (χ0) is 13.5. The third-order valence-corrected chi connectivity index (χ3v) is 2.68. The van der Waals surface area contributed by atoms with Crippen LogP contribution in [-0.4, -0.2) is 17.4 Å². The standard InChI is InChI=1S/C15H13N3O/c16-10-14-7-6-13(11-18-14)15(19)17-9-8-12-4-2-1-3-5-12/h1-7,11H,8-9H2,(H,17,19). The quantitative estimate of drug-likeness (QED) is 0.902. The first kappa shape index (κ1) is 12.8. The Labute approximate surface area is 111 Å². The third kappa shape index (κ3) is 3.65. The van der Waals surface area contributed by atoms with Gasteiger partial charge in [0.05, 0.1) is 5.56 Å². The Hall–Kier alpha value is -2.67. The van der Waals surface area contributed by atoms with E-state index >= 15 is 0 Å². The molecule has 0 radical (unpaired) electrons. The molecule has 0 unspecified atom stereocenters. The van der Waals surface area contributed by atoms with E-state index < -0.39 is 0 Å². The Balaban J connectivity index is 1.86. The molecule has 0 saturated heterocycles. The van der Waals surface area contributed by atoms with E-state index in [1.165, 1.54) is 17.8 Å². The van der Waals surface area contributed by atoms with E-state index in [1.807, 2.05) is 36.4 Å². The topological polar surface area (TPSA) is 65.8 Å². The lowest BCUT2D eigenvalue weighted by molar-refractivity contribution is 0.0954. The number of benzene rings is 1. The van der Waals surface area contributed by atoms with Crippen LogP contribution in [0.25, 0.3) is 0 Å². The summed E-state index contributed by atoms with van der Waals surface area (Å²) in [5, 5.41) is 11.4. The van der Waals surface area contributed by atoms with Gasteiger partial charge in [0.2, 0.25) is 0 Å². The smallest absolute Gasteiger partial charge is 0.252 e. The first-order valence-electron chi connectivity index (χ1n) is 5.98. The summed E-state index contributed by atoms with van der Waals surface area (Å²) in [6.07, 6.45) is 2.20. The Morgan fingerprint density at radius 2 is 2.00 bits per heavy atom. The van der Waals surface area contributed by atoms with Crippen molar-refractivity contribution in [3.63, 3.8) is 0 Å². The molecule has 0 aliphatic carbocycles. The molecule has 2 aromatic rings. The van der Waals surface area contributed by atoms with Gasteiger partial charge in [0.1, 0.15) is 11.8 Å².